The van der Waals surface area contributed by atoms with Crippen LogP contribution in [-0.2, 0) is 0 Å². The van der Waals surface area contributed by atoms with Crippen molar-refractivity contribution < 1.29 is 9.31 Å². The summed E-state index contributed by atoms with van der Waals surface area (Å²) in [5.41, 5.74) is 0. The monoisotopic (exact) mass is 449 g/mol. The number of rotatable bonds is 4. The molecule has 0 aliphatic heterocycles. The van der Waals surface area contributed by atoms with Crippen LogP contribution in [0.25, 0.3) is 0 Å². The lowest BCUT2D eigenvalue weighted by molar-refractivity contribution is 0.458. The molecule has 0 saturated carbocycles. The lowest BCUT2D eigenvalue weighted by Gasteiger charge is -2.06. The van der Waals surface area contributed by atoms with Crippen LogP contribution >= 0.6 is 45.2 Å². The smallest absolute Gasteiger partial charge is 0.526 e. The summed E-state index contributed by atoms with van der Waals surface area (Å²) >= 11 is 4.47. The van der Waals surface area contributed by atoms with Crippen molar-refractivity contribution in [2.24, 2.45) is 0 Å². The van der Waals surface area contributed by atoms with Crippen molar-refractivity contribution in [1.82, 2.24) is 0 Å². The van der Waals surface area contributed by atoms with Gasteiger partial charge in [0.25, 0.3) is 0 Å². The fraction of sp³-hybridized carbons (Fsp3) is 0. The molecule has 0 spiro atoms. The Morgan fingerprint density at radius 3 is 1.65 bits per heavy atom. The van der Waals surface area contributed by atoms with Gasteiger partial charge in [0.1, 0.15) is 11.5 Å². The van der Waals surface area contributed by atoms with Crippen LogP contribution in [0.3, 0.4) is 0 Å². The molecular formula is C12H8BI2O2. The number of hydrogen-bond acceptors (Lipinski definition) is 2. The Morgan fingerprint density at radius 2 is 1.24 bits per heavy atom. The third kappa shape index (κ3) is 4.38. The van der Waals surface area contributed by atoms with Crippen LogP contribution in [-0.4, -0.2) is 7.69 Å². The molecule has 0 aliphatic carbocycles. The van der Waals surface area contributed by atoms with Crippen molar-refractivity contribution in [3.8, 4) is 11.5 Å². The van der Waals surface area contributed by atoms with Crippen LogP contribution in [0.4, 0.5) is 0 Å². The molecule has 0 bridgehead atoms. The molecule has 0 atom stereocenters. The molecule has 0 N–H and O–H groups in total. The maximum absolute atomic E-state index is 5.38. The van der Waals surface area contributed by atoms with Crippen LogP contribution in [0.15, 0.2) is 48.5 Å². The van der Waals surface area contributed by atoms with E-state index in [1.807, 2.05) is 48.5 Å². The van der Waals surface area contributed by atoms with E-state index in [0.717, 1.165) is 18.6 Å². The van der Waals surface area contributed by atoms with Crippen LogP contribution in [0.1, 0.15) is 0 Å². The van der Waals surface area contributed by atoms with Crippen LogP contribution in [0, 0.1) is 7.14 Å². The van der Waals surface area contributed by atoms with Crippen molar-refractivity contribution in [1.29, 1.82) is 0 Å². The molecular weight excluding hydrogens is 441 g/mol. The standard InChI is InChI=1S/C12H8BI2O2/c14-9-3-1-5-11(7-9)16-13-17-12-6-2-4-10(15)8-12/h1-8H. The Bertz CT molecular complexity index is 460. The van der Waals surface area contributed by atoms with Crippen LogP contribution in [0.2, 0.25) is 0 Å². The molecule has 85 valence electrons. The first-order valence-electron chi connectivity index (χ1n) is 4.90. The van der Waals surface area contributed by atoms with Gasteiger partial charge in [-0.1, -0.05) is 12.1 Å². The zero-order valence-electron chi connectivity index (χ0n) is 8.77. The molecule has 5 heteroatoms. The van der Waals surface area contributed by atoms with E-state index in [9.17, 15) is 0 Å². The summed E-state index contributed by atoms with van der Waals surface area (Å²) in [6.45, 7) is 0. The number of hydrogen-bond donors (Lipinski definition) is 0. The SMILES string of the molecule is Ic1cccc(O[B]Oc2cccc(I)c2)c1. The molecule has 0 aliphatic rings. The molecule has 2 aromatic rings. The highest BCUT2D eigenvalue weighted by Gasteiger charge is 2.02. The van der Waals surface area contributed by atoms with Gasteiger partial charge in [-0.2, -0.15) is 0 Å². The van der Waals surface area contributed by atoms with E-state index in [1.54, 1.807) is 0 Å². The molecule has 2 aromatic carbocycles. The quantitative estimate of drug-likeness (QED) is 0.522. The summed E-state index contributed by atoms with van der Waals surface area (Å²) in [7, 11) is 1.34. The first-order valence-corrected chi connectivity index (χ1v) is 7.06. The third-order valence-corrected chi connectivity index (χ3v) is 3.30. The summed E-state index contributed by atoms with van der Waals surface area (Å²) in [5, 5.41) is 0. The first-order chi connectivity index (χ1) is 8.24. The minimum absolute atomic E-state index is 0.766. The van der Waals surface area contributed by atoms with Gasteiger partial charge in [-0.25, -0.2) is 0 Å². The van der Waals surface area contributed by atoms with Crippen molar-refractivity contribution in [2.75, 3.05) is 0 Å². The number of benzene rings is 2. The molecule has 0 heterocycles. The molecule has 0 aromatic heterocycles. The molecule has 0 amide bonds. The van der Waals surface area contributed by atoms with E-state index >= 15 is 0 Å². The fourth-order valence-corrected chi connectivity index (χ4v) is 2.24. The normalized spacial score (nSPS) is 9.76. The largest absolute Gasteiger partial charge is 0.658 e. The second kappa shape index (κ2) is 6.48. The summed E-state index contributed by atoms with van der Waals surface area (Å²) in [4.78, 5) is 0. The highest BCUT2D eigenvalue weighted by Crippen LogP contribution is 2.16. The Kier molecular flexibility index (Phi) is 4.96. The molecule has 2 rings (SSSR count). The van der Waals surface area contributed by atoms with E-state index in [2.05, 4.69) is 45.2 Å². The van der Waals surface area contributed by atoms with E-state index < -0.39 is 0 Å². The second-order valence-corrected chi connectivity index (χ2v) is 5.74. The minimum atomic E-state index is 0.766. The first kappa shape index (κ1) is 13.0. The Labute approximate surface area is 128 Å². The summed E-state index contributed by atoms with van der Waals surface area (Å²) in [6.07, 6.45) is 0. The topological polar surface area (TPSA) is 18.5 Å². The number of halogens is 2. The highest BCUT2D eigenvalue weighted by atomic mass is 127. The van der Waals surface area contributed by atoms with Crippen molar-refractivity contribution in [3.63, 3.8) is 0 Å². The van der Waals surface area contributed by atoms with Gasteiger partial charge in [0.2, 0.25) is 0 Å². The molecule has 0 saturated heterocycles. The third-order valence-electron chi connectivity index (χ3n) is 1.96. The predicted molar refractivity (Wildman–Crippen MR) is 85.3 cm³/mol. The summed E-state index contributed by atoms with van der Waals surface area (Å²) in [5.74, 6) is 1.53. The maximum Gasteiger partial charge on any atom is 0.658 e. The van der Waals surface area contributed by atoms with Gasteiger partial charge in [0.05, 0.1) is 0 Å². The lowest BCUT2D eigenvalue weighted by Crippen LogP contribution is -2.10. The average molecular weight is 449 g/mol. The molecule has 1 radical (unpaired) electrons. The highest BCUT2D eigenvalue weighted by molar-refractivity contribution is 14.1. The van der Waals surface area contributed by atoms with E-state index in [-0.39, 0.29) is 0 Å². The maximum atomic E-state index is 5.38. The van der Waals surface area contributed by atoms with Gasteiger partial charge in [-0.3, -0.25) is 0 Å². The van der Waals surface area contributed by atoms with Crippen molar-refractivity contribution in [3.05, 3.63) is 55.7 Å². The predicted octanol–water partition coefficient (Wildman–Crippen LogP) is 3.89. The zero-order valence-corrected chi connectivity index (χ0v) is 13.1. The van der Waals surface area contributed by atoms with E-state index in [4.69, 9.17) is 9.31 Å². The Morgan fingerprint density at radius 1 is 0.765 bits per heavy atom. The Balaban J connectivity index is 1.87. The van der Waals surface area contributed by atoms with Crippen molar-refractivity contribution >= 4 is 52.9 Å². The average Bonchev–Trinajstić information content (AvgIpc) is 2.29. The van der Waals surface area contributed by atoms with Crippen molar-refractivity contribution in [2.45, 2.75) is 0 Å². The molecule has 17 heavy (non-hydrogen) atoms. The van der Waals surface area contributed by atoms with Gasteiger partial charge < -0.3 is 9.31 Å². The zero-order chi connectivity index (χ0) is 12.1. The minimum Gasteiger partial charge on any atom is -0.526 e. The lowest BCUT2D eigenvalue weighted by atomic mass is 10.3. The van der Waals surface area contributed by atoms with E-state index in [1.165, 1.54) is 7.69 Å². The van der Waals surface area contributed by atoms with Crippen LogP contribution < -0.4 is 9.31 Å². The fourth-order valence-electron chi connectivity index (χ4n) is 1.22. The van der Waals surface area contributed by atoms with Crippen LogP contribution in [0.5, 0.6) is 11.5 Å². The summed E-state index contributed by atoms with van der Waals surface area (Å²) in [6, 6.07) is 15.5. The van der Waals surface area contributed by atoms with Gasteiger partial charge >= 0.3 is 7.69 Å². The molecule has 2 nitrogen and oxygen atoms in total. The summed E-state index contributed by atoms with van der Waals surface area (Å²) < 4.78 is 13.0. The van der Waals surface area contributed by atoms with Gasteiger partial charge in [-0.05, 0) is 81.6 Å². The van der Waals surface area contributed by atoms with Gasteiger partial charge in [0.15, 0.2) is 0 Å². The second-order valence-electron chi connectivity index (χ2n) is 3.25. The van der Waals surface area contributed by atoms with Gasteiger partial charge in [-0.15, -0.1) is 0 Å². The van der Waals surface area contributed by atoms with E-state index in [0.29, 0.717) is 0 Å². The molecule has 0 unspecified atom stereocenters. The van der Waals surface area contributed by atoms with Gasteiger partial charge in [0, 0.05) is 7.14 Å². The molecule has 0 fully saturated rings. The Hall–Kier alpha value is -0.435.